The number of ether oxygens (including phenoxy) is 6. The third kappa shape index (κ3) is 6.18. The van der Waals surface area contributed by atoms with Crippen molar-refractivity contribution in [3.05, 3.63) is 41.5 Å². The fourth-order valence-corrected chi connectivity index (χ4v) is 23.5. The summed E-state index contributed by atoms with van der Waals surface area (Å²) in [7, 11) is 5.20. The first kappa shape index (κ1) is 30.3. The summed E-state index contributed by atoms with van der Waals surface area (Å²) in [6.45, 7) is 8.03. The monoisotopic (exact) mass is 648 g/mol. The van der Waals surface area contributed by atoms with E-state index in [9.17, 15) is 0 Å². The molecular formula is C32H48O6Sn. The van der Waals surface area contributed by atoms with Crippen LogP contribution in [0.15, 0.2) is 30.3 Å². The minimum absolute atomic E-state index is 0.218. The predicted molar refractivity (Wildman–Crippen MR) is 159 cm³/mol. The first-order chi connectivity index (χ1) is 19.0. The number of methoxy groups -OCH3 is 3. The Hall–Kier alpha value is -1.64. The van der Waals surface area contributed by atoms with Crippen LogP contribution in [0.25, 0.3) is 0 Å². The van der Waals surface area contributed by atoms with E-state index in [0.717, 1.165) is 34.1 Å². The van der Waals surface area contributed by atoms with Crippen LogP contribution >= 0.6 is 0 Å². The molecule has 1 saturated heterocycles. The van der Waals surface area contributed by atoms with E-state index >= 15 is 0 Å². The molecule has 2 aliphatic heterocycles. The molecule has 6 nitrogen and oxygen atoms in total. The number of hydrogen-bond acceptors (Lipinski definition) is 6. The molecule has 0 radical (unpaired) electrons. The van der Waals surface area contributed by atoms with Crippen molar-refractivity contribution in [2.75, 3.05) is 34.5 Å². The zero-order valence-corrected chi connectivity index (χ0v) is 27.8. The van der Waals surface area contributed by atoms with Gasteiger partial charge in [-0.1, -0.05) is 0 Å². The van der Waals surface area contributed by atoms with Crippen molar-refractivity contribution in [1.29, 1.82) is 0 Å². The Morgan fingerprint density at radius 2 is 1.36 bits per heavy atom. The van der Waals surface area contributed by atoms with Gasteiger partial charge in [-0.2, -0.15) is 0 Å². The van der Waals surface area contributed by atoms with Crippen LogP contribution < -0.4 is 22.5 Å². The Morgan fingerprint density at radius 1 is 0.795 bits per heavy atom. The van der Waals surface area contributed by atoms with Gasteiger partial charge in [0.2, 0.25) is 0 Å². The molecule has 1 fully saturated rings. The molecule has 0 bridgehead atoms. The summed E-state index contributed by atoms with van der Waals surface area (Å²) in [5.74, 6) is 2.49. The molecule has 2 aromatic carbocycles. The molecule has 2 heterocycles. The Morgan fingerprint density at radius 3 is 1.85 bits per heavy atom. The topological polar surface area (TPSA) is 55.4 Å². The standard InChI is InChI=1S/C20H21O6.3C4H9.Sn/c1-21-14-6-4-13(5-7-14)18-12-20(24-8-9-25-20)19-16(23-3)10-15(22-2)11-17(19)26-18;3*1-3-4-2;/h4-7,10,18H,8-9,12H2,1-3H3;3*1,3-4H2,2H3;. The van der Waals surface area contributed by atoms with Crippen LogP contribution in [-0.2, 0) is 15.3 Å². The van der Waals surface area contributed by atoms with Gasteiger partial charge < -0.3 is 0 Å². The predicted octanol–water partition coefficient (Wildman–Crippen LogP) is 7.49. The van der Waals surface area contributed by atoms with Crippen LogP contribution in [0.3, 0.4) is 0 Å². The Kier molecular flexibility index (Phi) is 10.7. The van der Waals surface area contributed by atoms with Crippen molar-refractivity contribution < 1.29 is 28.4 Å². The Balaban J connectivity index is 1.98. The molecular weight excluding hydrogens is 599 g/mol. The molecule has 216 valence electrons. The first-order valence-corrected chi connectivity index (χ1v) is 22.4. The molecule has 2 aromatic rings. The van der Waals surface area contributed by atoms with Crippen molar-refractivity contribution in [3.63, 3.8) is 0 Å². The third-order valence-electron chi connectivity index (χ3n) is 8.54. The van der Waals surface area contributed by atoms with E-state index in [2.05, 4.69) is 39.0 Å². The second-order valence-electron chi connectivity index (χ2n) is 11.0. The average molecular weight is 647 g/mol. The number of unbranched alkanes of at least 4 members (excludes halogenated alkanes) is 3. The zero-order valence-electron chi connectivity index (χ0n) is 24.9. The summed E-state index contributed by atoms with van der Waals surface area (Å²) in [6, 6.07) is 10.3. The van der Waals surface area contributed by atoms with E-state index < -0.39 is 24.2 Å². The SMILES string of the molecule is CCC[CH2][Sn]([CH2]CCC)([CH2]CCC)[c]1c(OC)cc(OC)c2c1OC(c1ccc(OC)cc1)CC21OCCO1. The van der Waals surface area contributed by atoms with E-state index in [0.29, 0.717) is 19.6 Å². The van der Waals surface area contributed by atoms with Crippen molar-refractivity contribution in [3.8, 4) is 23.0 Å². The van der Waals surface area contributed by atoms with Gasteiger partial charge in [-0.25, -0.2) is 0 Å². The molecule has 0 amide bonds. The van der Waals surface area contributed by atoms with Gasteiger partial charge >= 0.3 is 240 Å². The maximum absolute atomic E-state index is 7.13. The zero-order chi connectivity index (χ0) is 27.9. The van der Waals surface area contributed by atoms with Gasteiger partial charge in [0.05, 0.1) is 0 Å². The van der Waals surface area contributed by atoms with Crippen molar-refractivity contribution in [2.24, 2.45) is 0 Å². The van der Waals surface area contributed by atoms with Gasteiger partial charge in [-0.05, 0) is 0 Å². The molecule has 0 aromatic heterocycles. The normalized spacial score (nSPS) is 18.1. The summed E-state index contributed by atoms with van der Waals surface area (Å²) in [6.07, 6.45) is 7.67. The fraction of sp³-hybridized carbons (Fsp3) is 0.625. The number of hydrogen-bond donors (Lipinski definition) is 0. The second kappa shape index (κ2) is 13.8. The summed E-state index contributed by atoms with van der Waals surface area (Å²) >= 11 is -3.08. The van der Waals surface area contributed by atoms with Crippen molar-refractivity contribution in [2.45, 2.75) is 90.9 Å². The molecule has 0 saturated carbocycles. The van der Waals surface area contributed by atoms with Gasteiger partial charge in [-0.3, -0.25) is 0 Å². The molecule has 4 rings (SSSR count). The molecule has 39 heavy (non-hydrogen) atoms. The van der Waals surface area contributed by atoms with E-state index in [4.69, 9.17) is 28.4 Å². The molecule has 0 N–H and O–H groups in total. The molecule has 2 aliphatic rings. The average Bonchev–Trinajstić information content (AvgIpc) is 3.44. The summed E-state index contributed by atoms with van der Waals surface area (Å²) in [4.78, 5) is 0. The third-order valence-corrected chi connectivity index (χ3v) is 24.1. The fourth-order valence-electron chi connectivity index (χ4n) is 6.46. The minimum atomic E-state index is -3.08. The molecule has 1 atom stereocenters. The van der Waals surface area contributed by atoms with Crippen molar-refractivity contribution in [1.82, 2.24) is 0 Å². The quantitative estimate of drug-likeness (QED) is 0.198. The van der Waals surface area contributed by atoms with Crippen LogP contribution in [0.4, 0.5) is 0 Å². The summed E-state index contributed by atoms with van der Waals surface area (Å²) in [5.41, 5.74) is 2.01. The van der Waals surface area contributed by atoms with Gasteiger partial charge in [0.25, 0.3) is 0 Å². The van der Waals surface area contributed by atoms with Crippen LogP contribution in [0.5, 0.6) is 23.0 Å². The number of fused-ring (bicyclic) bond motifs is 2. The van der Waals surface area contributed by atoms with Gasteiger partial charge in [0.15, 0.2) is 0 Å². The second-order valence-corrected chi connectivity index (χ2v) is 24.0. The van der Waals surface area contributed by atoms with Gasteiger partial charge in [-0.15, -0.1) is 0 Å². The van der Waals surface area contributed by atoms with E-state index in [1.54, 1.807) is 21.3 Å². The number of benzene rings is 2. The first-order valence-electron chi connectivity index (χ1n) is 14.9. The molecule has 0 aliphatic carbocycles. The Labute approximate surface area is 239 Å². The van der Waals surface area contributed by atoms with Gasteiger partial charge in [0, 0.05) is 0 Å². The Bertz CT molecular complexity index is 1040. The van der Waals surface area contributed by atoms with Crippen LogP contribution in [0.1, 0.15) is 82.9 Å². The van der Waals surface area contributed by atoms with E-state index in [1.807, 2.05) is 12.1 Å². The number of rotatable bonds is 14. The van der Waals surface area contributed by atoms with E-state index in [-0.39, 0.29) is 6.10 Å². The van der Waals surface area contributed by atoms with Gasteiger partial charge in [0.1, 0.15) is 0 Å². The molecule has 7 heteroatoms. The van der Waals surface area contributed by atoms with Crippen LogP contribution in [0, 0.1) is 0 Å². The summed E-state index contributed by atoms with van der Waals surface area (Å²) in [5, 5.41) is 0. The van der Waals surface area contributed by atoms with E-state index in [1.165, 1.54) is 55.4 Å². The maximum atomic E-state index is 7.13. The molecule has 1 unspecified atom stereocenters. The summed E-state index contributed by atoms with van der Waals surface area (Å²) < 4.78 is 43.1. The van der Waals surface area contributed by atoms with Crippen molar-refractivity contribution >= 4 is 22.0 Å². The van der Waals surface area contributed by atoms with Crippen LogP contribution in [0.2, 0.25) is 13.3 Å². The molecule has 1 spiro atoms. The van der Waals surface area contributed by atoms with Crippen LogP contribution in [-0.4, -0.2) is 52.9 Å².